The van der Waals surface area contributed by atoms with Gasteiger partial charge in [0.1, 0.15) is 11.3 Å². The number of carbonyl (C=O) groups is 1. The summed E-state index contributed by atoms with van der Waals surface area (Å²) in [5.74, 6) is -1.08. The van der Waals surface area contributed by atoms with Crippen LogP contribution in [0.3, 0.4) is 0 Å². The highest BCUT2D eigenvalue weighted by atomic mass is 19.3. The van der Waals surface area contributed by atoms with Crippen molar-refractivity contribution in [3.8, 4) is 16.9 Å². The van der Waals surface area contributed by atoms with Crippen LogP contribution in [0.1, 0.15) is 32.3 Å². The number of halogens is 6. The number of carbonyl (C=O) groups excluding carboxylic acids is 1. The molecule has 0 fully saturated rings. The molecule has 3 rings (SSSR count). The largest absolute Gasteiger partial charge is 0.494 e. The van der Waals surface area contributed by atoms with Crippen LogP contribution in [0.4, 0.5) is 26.3 Å². The zero-order valence-electron chi connectivity index (χ0n) is 22.0. The van der Waals surface area contributed by atoms with Crippen molar-refractivity contribution < 1.29 is 54.5 Å². The topological polar surface area (TPSA) is 84.2 Å². The van der Waals surface area contributed by atoms with Gasteiger partial charge in [-0.2, -0.15) is 17.6 Å². The van der Waals surface area contributed by atoms with E-state index in [2.05, 4.69) is 20.8 Å². The van der Waals surface area contributed by atoms with Gasteiger partial charge in [-0.3, -0.25) is 0 Å². The fraction of sp³-hybridized carbons (Fsp3) is 0.357. The second-order valence-corrected chi connectivity index (χ2v) is 8.86. The van der Waals surface area contributed by atoms with Gasteiger partial charge >= 0.3 is 30.1 Å². The molecule has 13 heteroatoms. The number of alkyl halides is 6. The van der Waals surface area contributed by atoms with Crippen LogP contribution in [0, 0.1) is 0 Å². The molecule has 0 amide bonds. The number of aryl methyl sites for hydroxylation is 1. The number of hydrogen-bond acceptors (Lipinski definition) is 7. The van der Waals surface area contributed by atoms with Crippen molar-refractivity contribution in [3.63, 3.8) is 0 Å². The average molecular weight is 588 g/mol. The molecule has 0 unspecified atom stereocenters. The molecule has 0 N–H and O–H groups in total. The van der Waals surface area contributed by atoms with E-state index in [0.29, 0.717) is 22.9 Å². The summed E-state index contributed by atoms with van der Waals surface area (Å²) >= 11 is 0. The predicted molar refractivity (Wildman–Crippen MR) is 135 cm³/mol. The Morgan fingerprint density at radius 1 is 0.902 bits per heavy atom. The Labute approximate surface area is 230 Å². The second kappa shape index (κ2) is 12.8. The molecule has 0 saturated carbocycles. The van der Waals surface area contributed by atoms with Gasteiger partial charge in [0.15, 0.2) is 0 Å². The van der Waals surface area contributed by atoms with E-state index in [-0.39, 0.29) is 16.9 Å². The Kier molecular flexibility index (Phi) is 9.87. The number of esters is 1. The molecular formula is C28H26F6O7. The van der Waals surface area contributed by atoms with Gasteiger partial charge in [0.2, 0.25) is 0 Å². The molecule has 3 aromatic rings. The fourth-order valence-electron chi connectivity index (χ4n) is 3.60. The highest BCUT2D eigenvalue weighted by molar-refractivity contribution is 5.87. The standard InChI is InChI=1S/C28H26F6O7/c1-4-18-7-5-6-8-21(18)22-15-19-9-10-20(16-23(19)39-25(22)36)37-13-11-26(29,30)40-28(33,34)41-27(31,32)12-14-38-24(35)17(2)3/h5-10,15-16H,2,4,11-14H2,1,3H3. The average Bonchev–Trinajstić information content (AvgIpc) is 2.86. The van der Waals surface area contributed by atoms with Crippen LogP contribution in [0.5, 0.6) is 5.75 Å². The Bertz CT molecular complexity index is 1450. The van der Waals surface area contributed by atoms with Crippen LogP contribution in [-0.2, 0) is 25.4 Å². The lowest BCUT2D eigenvalue weighted by Crippen LogP contribution is -2.41. The lowest BCUT2D eigenvalue weighted by atomic mass is 9.99. The minimum absolute atomic E-state index is 0.0305. The number of rotatable bonds is 14. The third-order valence-electron chi connectivity index (χ3n) is 5.57. The summed E-state index contributed by atoms with van der Waals surface area (Å²) < 4.78 is 104. The van der Waals surface area contributed by atoms with Crippen LogP contribution >= 0.6 is 0 Å². The van der Waals surface area contributed by atoms with Gasteiger partial charge in [-0.15, -0.1) is 8.78 Å². The first kappa shape index (κ1) is 31.7. The van der Waals surface area contributed by atoms with Gasteiger partial charge in [-0.25, -0.2) is 19.1 Å². The molecule has 0 spiro atoms. The van der Waals surface area contributed by atoms with E-state index in [1.54, 1.807) is 18.2 Å². The highest BCUT2D eigenvalue weighted by Crippen LogP contribution is 2.36. The number of benzene rings is 2. The summed E-state index contributed by atoms with van der Waals surface area (Å²) in [6.45, 7) is 4.45. The van der Waals surface area contributed by atoms with Crippen LogP contribution < -0.4 is 10.4 Å². The molecule has 0 bridgehead atoms. The lowest BCUT2D eigenvalue weighted by Gasteiger charge is -2.26. The van der Waals surface area contributed by atoms with Crippen molar-refractivity contribution in [2.45, 2.75) is 51.6 Å². The monoisotopic (exact) mass is 588 g/mol. The van der Waals surface area contributed by atoms with Crippen LogP contribution in [0.25, 0.3) is 22.1 Å². The number of fused-ring (bicyclic) bond motifs is 1. The third kappa shape index (κ3) is 9.08. The van der Waals surface area contributed by atoms with E-state index in [0.717, 1.165) is 5.56 Å². The second-order valence-electron chi connectivity index (χ2n) is 8.86. The summed E-state index contributed by atoms with van der Waals surface area (Å²) in [5.41, 5.74) is 1.31. The maximum Gasteiger partial charge on any atom is 0.494 e. The third-order valence-corrected chi connectivity index (χ3v) is 5.57. The van der Waals surface area contributed by atoms with Crippen molar-refractivity contribution in [3.05, 3.63) is 76.7 Å². The van der Waals surface area contributed by atoms with Crippen LogP contribution in [0.2, 0.25) is 0 Å². The van der Waals surface area contributed by atoms with E-state index in [1.165, 1.54) is 25.1 Å². The molecule has 1 aromatic heterocycles. The number of hydrogen-bond donors (Lipinski definition) is 0. The van der Waals surface area contributed by atoms with Gasteiger partial charge < -0.3 is 13.9 Å². The molecule has 222 valence electrons. The Balaban J connectivity index is 1.58. The van der Waals surface area contributed by atoms with Crippen molar-refractivity contribution in [2.75, 3.05) is 13.2 Å². The molecule has 41 heavy (non-hydrogen) atoms. The van der Waals surface area contributed by atoms with Crippen molar-refractivity contribution in [1.82, 2.24) is 0 Å². The predicted octanol–water partition coefficient (Wildman–Crippen LogP) is 7.07. The SMILES string of the molecule is C=C(C)C(=O)OCCC(F)(F)OC(F)(F)OC(F)(F)CCOc1ccc2cc(-c3ccccc3CC)c(=O)oc2c1. The van der Waals surface area contributed by atoms with Crippen LogP contribution in [0.15, 0.2) is 69.9 Å². The molecule has 0 aliphatic carbocycles. The molecule has 0 aliphatic heterocycles. The quantitative estimate of drug-likeness (QED) is 0.0655. The summed E-state index contributed by atoms with van der Waals surface area (Å²) in [7, 11) is 0. The molecule has 0 aliphatic rings. The van der Waals surface area contributed by atoms with Gasteiger partial charge in [0, 0.05) is 17.0 Å². The van der Waals surface area contributed by atoms with Gasteiger partial charge in [-0.1, -0.05) is 37.8 Å². The molecule has 2 aromatic carbocycles. The zero-order chi connectivity index (χ0) is 30.4. The van der Waals surface area contributed by atoms with E-state index in [1.807, 2.05) is 19.1 Å². The summed E-state index contributed by atoms with van der Waals surface area (Å²) in [6, 6.07) is 13.1. The highest BCUT2D eigenvalue weighted by Gasteiger charge is 2.52. The molecule has 1 heterocycles. The first-order valence-corrected chi connectivity index (χ1v) is 12.3. The Morgan fingerprint density at radius 3 is 2.17 bits per heavy atom. The van der Waals surface area contributed by atoms with Gasteiger partial charge in [-0.05, 0) is 42.7 Å². The minimum Gasteiger partial charge on any atom is -0.493 e. The molecule has 7 nitrogen and oxygen atoms in total. The summed E-state index contributed by atoms with van der Waals surface area (Å²) in [4.78, 5) is 23.8. The lowest BCUT2D eigenvalue weighted by molar-refractivity contribution is -0.514. The Hall–Kier alpha value is -3.84. The zero-order valence-corrected chi connectivity index (χ0v) is 22.0. The van der Waals surface area contributed by atoms with E-state index >= 15 is 0 Å². The van der Waals surface area contributed by atoms with Crippen molar-refractivity contribution in [1.29, 1.82) is 0 Å². The van der Waals surface area contributed by atoms with Gasteiger partial charge in [0.25, 0.3) is 0 Å². The first-order valence-electron chi connectivity index (χ1n) is 12.3. The normalized spacial score (nSPS) is 12.4. The summed E-state index contributed by atoms with van der Waals surface area (Å²) in [6.07, 6.45) is -17.0. The molecule has 0 saturated heterocycles. The summed E-state index contributed by atoms with van der Waals surface area (Å²) in [5, 5.41) is 0.513. The van der Waals surface area contributed by atoms with E-state index in [9.17, 15) is 35.9 Å². The maximum absolute atomic E-state index is 14.0. The van der Waals surface area contributed by atoms with E-state index in [4.69, 9.17) is 9.15 Å². The minimum atomic E-state index is -5.40. The first-order chi connectivity index (χ1) is 19.1. The van der Waals surface area contributed by atoms with Gasteiger partial charge in [0.05, 0.1) is 31.6 Å². The van der Waals surface area contributed by atoms with Crippen molar-refractivity contribution >= 4 is 16.9 Å². The maximum atomic E-state index is 14.0. The smallest absolute Gasteiger partial charge is 0.493 e. The molecule has 0 atom stereocenters. The van der Waals surface area contributed by atoms with Crippen molar-refractivity contribution in [2.24, 2.45) is 0 Å². The number of ether oxygens (including phenoxy) is 4. The van der Waals surface area contributed by atoms with Crippen LogP contribution in [-0.4, -0.2) is 37.7 Å². The Morgan fingerprint density at radius 2 is 1.54 bits per heavy atom. The fourth-order valence-corrected chi connectivity index (χ4v) is 3.60. The molecular weight excluding hydrogens is 562 g/mol. The van der Waals surface area contributed by atoms with E-state index < -0.39 is 56.2 Å². The molecule has 0 radical (unpaired) electrons.